The summed E-state index contributed by atoms with van der Waals surface area (Å²) in [5, 5.41) is 8.60. The van der Waals surface area contributed by atoms with Gasteiger partial charge in [-0.1, -0.05) is 6.92 Å². The van der Waals surface area contributed by atoms with Gasteiger partial charge in [-0.3, -0.25) is 9.78 Å². The Balaban J connectivity index is 2.51. The minimum atomic E-state index is -1.39. The molecule has 2 aromatic rings. The minimum absolute atomic E-state index is 0.111. The minimum Gasteiger partial charge on any atom is -0.449 e. The molecule has 6 heteroatoms. The van der Waals surface area contributed by atoms with E-state index >= 15 is 0 Å². The van der Waals surface area contributed by atoms with Gasteiger partial charge in [0.2, 0.25) is 0 Å². The Labute approximate surface area is 115 Å². The van der Waals surface area contributed by atoms with Crippen molar-refractivity contribution in [3.05, 3.63) is 46.1 Å². The van der Waals surface area contributed by atoms with E-state index in [9.17, 15) is 9.59 Å². The van der Waals surface area contributed by atoms with Crippen molar-refractivity contribution >= 4 is 6.16 Å². The number of aromatic amines is 1. The zero-order chi connectivity index (χ0) is 14.7. The van der Waals surface area contributed by atoms with Gasteiger partial charge in [0, 0.05) is 28.6 Å². The molecule has 0 spiro atoms. The van der Waals surface area contributed by atoms with Crippen LogP contribution in [0.2, 0.25) is 0 Å². The number of ether oxygens (including phenoxy) is 1. The maximum absolute atomic E-state index is 11.7. The predicted molar refractivity (Wildman–Crippen MR) is 73.1 cm³/mol. The van der Waals surface area contributed by atoms with Crippen LogP contribution in [0.25, 0.3) is 11.1 Å². The Bertz CT molecular complexity index is 707. The molecule has 0 saturated heterocycles. The second-order valence-electron chi connectivity index (χ2n) is 4.29. The van der Waals surface area contributed by atoms with Gasteiger partial charge in [0.15, 0.2) is 5.75 Å². The van der Waals surface area contributed by atoms with Crippen molar-refractivity contribution < 1.29 is 14.6 Å². The van der Waals surface area contributed by atoms with Crippen molar-refractivity contribution in [1.82, 2.24) is 9.97 Å². The number of carboxylic acid groups (broad SMARTS) is 1. The number of nitrogens with one attached hydrogen (secondary N) is 1. The fourth-order valence-corrected chi connectivity index (χ4v) is 1.95. The average Bonchev–Trinajstić information content (AvgIpc) is 2.38. The molecule has 0 aliphatic carbocycles. The number of nitrogens with zero attached hydrogens (tertiary/aromatic N) is 1. The van der Waals surface area contributed by atoms with Crippen molar-refractivity contribution in [3.8, 4) is 16.9 Å². The van der Waals surface area contributed by atoms with Gasteiger partial charge in [0.25, 0.3) is 5.56 Å². The van der Waals surface area contributed by atoms with E-state index in [0.717, 1.165) is 5.56 Å². The molecule has 2 N–H and O–H groups in total. The van der Waals surface area contributed by atoms with Gasteiger partial charge < -0.3 is 14.8 Å². The van der Waals surface area contributed by atoms with Crippen LogP contribution in [0.15, 0.2) is 29.3 Å². The van der Waals surface area contributed by atoms with Crippen molar-refractivity contribution in [2.45, 2.75) is 20.3 Å². The van der Waals surface area contributed by atoms with Gasteiger partial charge in [0.1, 0.15) is 0 Å². The van der Waals surface area contributed by atoms with E-state index in [2.05, 4.69) is 14.7 Å². The monoisotopic (exact) mass is 274 g/mol. The third kappa shape index (κ3) is 2.85. The number of hydrogen-bond donors (Lipinski definition) is 2. The number of aromatic nitrogens is 2. The molecule has 0 fully saturated rings. The summed E-state index contributed by atoms with van der Waals surface area (Å²) in [5.74, 6) is 0.138. The lowest BCUT2D eigenvalue weighted by atomic mass is 10.0. The Morgan fingerprint density at radius 1 is 1.40 bits per heavy atom. The van der Waals surface area contributed by atoms with Crippen LogP contribution < -0.4 is 10.3 Å². The lowest BCUT2D eigenvalue weighted by molar-refractivity contribution is 0.144. The maximum Gasteiger partial charge on any atom is 0.511 e. The molecular weight excluding hydrogens is 260 g/mol. The van der Waals surface area contributed by atoms with Gasteiger partial charge in [-0.05, 0) is 25.5 Å². The molecule has 0 bridgehead atoms. The molecule has 0 aliphatic heterocycles. The summed E-state index contributed by atoms with van der Waals surface area (Å²) in [7, 11) is 0. The summed E-state index contributed by atoms with van der Waals surface area (Å²) in [5.41, 5.74) is 2.73. The first-order chi connectivity index (χ1) is 9.51. The summed E-state index contributed by atoms with van der Waals surface area (Å²) < 4.78 is 4.58. The lowest BCUT2D eigenvalue weighted by Gasteiger charge is -2.08. The fraction of sp³-hybridized carbons (Fsp3) is 0.214. The summed E-state index contributed by atoms with van der Waals surface area (Å²) in [6.45, 7) is 3.67. The third-order valence-electron chi connectivity index (χ3n) is 2.93. The van der Waals surface area contributed by atoms with Gasteiger partial charge in [0.05, 0.1) is 6.20 Å². The van der Waals surface area contributed by atoms with E-state index in [4.69, 9.17) is 5.11 Å². The van der Waals surface area contributed by atoms with Gasteiger partial charge >= 0.3 is 6.16 Å². The van der Waals surface area contributed by atoms with Crippen LogP contribution in [0.1, 0.15) is 18.2 Å². The number of pyridine rings is 2. The second kappa shape index (κ2) is 5.56. The van der Waals surface area contributed by atoms with Crippen LogP contribution in [0, 0.1) is 6.92 Å². The van der Waals surface area contributed by atoms with Gasteiger partial charge in [-0.15, -0.1) is 0 Å². The first kappa shape index (κ1) is 13.8. The summed E-state index contributed by atoms with van der Waals surface area (Å²) >= 11 is 0. The molecule has 2 rings (SSSR count). The molecular formula is C14H14N2O4. The van der Waals surface area contributed by atoms with Crippen LogP contribution in [0.5, 0.6) is 5.75 Å². The molecule has 104 valence electrons. The summed E-state index contributed by atoms with van der Waals surface area (Å²) in [6.07, 6.45) is 2.13. The molecule has 20 heavy (non-hydrogen) atoms. The van der Waals surface area contributed by atoms with Crippen molar-refractivity contribution in [3.63, 3.8) is 0 Å². The van der Waals surface area contributed by atoms with Crippen LogP contribution >= 0.6 is 0 Å². The molecule has 0 saturated carbocycles. The van der Waals surface area contributed by atoms with E-state index in [1.807, 2.05) is 6.92 Å². The van der Waals surface area contributed by atoms with Crippen LogP contribution in [0.3, 0.4) is 0 Å². The number of carbonyl (C=O) groups is 1. The molecule has 0 aliphatic rings. The smallest absolute Gasteiger partial charge is 0.449 e. The van der Waals surface area contributed by atoms with E-state index < -0.39 is 6.16 Å². The quantitative estimate of drug-likeness (QED) is 0.838. The van der Waals surface area contributed by atoms with Crippen LogP contribution in [0.4, 0.5) is 4.79 Å². The highest BCUT2D eigenvalue weighted by Crippen LogP contribution is 2.24. The molecule has 6 nitrogen and oxygen atoms in total. The van der Waals surface area contributed by atoms with Crippen LogP contribution in [-0.4, -0.2) is 21.2 Å². The topological polar surface area (TPSA) is 92.3 Å². The van der Waals surface area contributed by atoms with Gasteiger partial charge in [-0.25, -0.2) is 4.79 Å². The van der Waals surface area contributed by atoms with E-state index in [1.165, 1.54) is 6.20 Å². The molecule has 2 heterocycles. The predicted octanol–water partition coefficient (Wildman–Crippen LogP) is 2.36. The maximum atomic E-state index is 11.7. The summed E-state index contributed by atoms with van der Waals surface area (Å²) in [4.78, 5) is 29.0. The highest BCUT2D eigenvalue weighted by Gasteiger charge is 2.09. The fourth-order valence-electron chi connectivity index (χ4n) is 1.95. The average molecular weight is 274 g/mol. The Kier molecular flexibility index (Phi) is 3.84. The standard InChI is InChI=1S/C14H14N2O4/c1-3-9-5-12(8(2)16-13(9)17)10-4-11(7-15-6-10)20-14(18)19/h4-7H,3H2,1-2H3,(H,16,17)(H,18,19). The lowest BCUT2D eigenvalue weighted by Crippen LogP contribution is -2.13. The highest BCUT2D eigenvalue weighted by molar-refractivity contribution is 5.68. The molecule has 0 unspecified atom stereocenters. The van der Waals surface area contributed by atoms with E-state index in [1.54, 1.807) is 25.3 Å². The Morgan fingerprint density at radius 3 is 2.80 bits per heavy atom. The highest BCUT2D eigenvalue weighted by atomic mass is 16.7. The Morgan fingerprint density at radius 2 is 2.15 bits per heavy atom. The van der Waals surface area contributed by atoms with E-state index in [-0.39, 0.29) is 11.3 Å². The van der Waals surface area contributed by atoms with E-state index in [0.29, 0.717) is 23.2 Å². The normalized spacial score (nSPS) is 10.3. The van der Waals surface area contributed by atoms with Crippen LogP contribution in [-0.2, 0) is 6.42 Å². The summed E-state index contributed by atoms with van der Waals surface area (Å²) in [6, 6.07) is 3.36. The third-order valence-corrected chi connectivity index (χ3v) is 2.93. The van der Waals surface area contributed by atoms with Crippen molar-refractivity contribution in [1.29, 1.82) is 0 Å². The van der Waals surface area contributed by atoms with Crippen molar-refractivity contribution in [2.75, 3.05) is 0 Å². The number of aryl methyl sites for hydroxylation is 2. The first-order valence-electron chi connectivity index (χ1n) is 6.10. The number of rotatable bonds is 3. The Hall–Kier alpha value is -2.63. The zero-order valence-corrected chi connectivity index (χ0v) is 11.1. The van der Waals surface area contributed by atoms with Crippen molar-refractivity contribution in [2.24, 2.45) is 0 Å². The SMILES string of the molecule is CCc1cc(-c2cncc(OC(=O)O)c2)c(C)[nH]c1=O. The second-order valence-corrected chi connectivity index (χ2v) is 4.29. The largest absolute Gasteiger partial charge is 0.511 e. The molecule has 0 atom stereocenters. The zero-order valence-electron chi connectivity index (χ0n) is 11.1. The molecule has 2 aromatic heterocycles. The molecule has 0 amide bonds. The number of hydrogen-bond acceptors (Lipinski definition) is 4. The molecule has 0 radical (unpaired) electrons. The molecule has 0 aromatic carbocycles. The number of H-pyrrole nitrogens is 1. The first-order valence-corrected chi connectivity index (χ1v) is 6.10. The van der Waals surface area contributed by atoms with Gasteiger partial charge in [-0.2, -0.15) is 0 Å².